The van der Waals surface area contributed by atoms with Crippen molar-refractivity contribution in [3.8, 4) is 0 Å². The van der Waals surface area contributed by atoms with Crippen LogP contribution in [0.1, 0.15) is 89.0 Å². The minimum Gasteiger partial charge on any atom is -0.466 e. The molecule has 0 spiro atoms. The van der Waals surface area contributed by atoms with E-state index in [1.54, 1.807) is 19.3 Å². The van der Waals surface area contributed by atoms with E-state index in [1.807, 2.05) is 18.2 Å². The molecule has 1 N–H and O–H groups in total. The number of carbonyl (C=O) groups is 4. The van der Waals surface area contributed by atoms with E-state index in [1.165, 1.54) is 6.92 Å². The number of ether oxygens (including phenoxy) is 3. The van der Waals surface area contributed by atoms with Crippen LogP contribution >= 0.6 is 11.6 Å². The minimum atomic E-state index is -5.09. The van der Waals surface area contributed by atoms with Gasteiger partial charge in [0.15, 0.2) is 0 Å². The molecule has 1 aromatic rings. The standard InChI is InChI=1S/C12H18F2O4.C8H14O3.C5H5N.C4H2ClF5O.4CH4/c1-9(2)11(16)18-7-5-4-6-17-10(15)8-12(3,13)14;1-7(2)8(10)11-6-4-3-5-9;1-2-4-6-5-3-1;5-2(11)3(6,7)1-4(8,9)10;;;;/h1,4-8H2,2-3H3;9H,1,3-6H2,2H3;1-5H;1H2;4*1H4. The zero-order chi connectivity index (χ0) is 36.4. The Kier molecular flexibility index (Phi) is 41.9. The lowest BCUT2D eigenvalue weighted by Crippen LogP contribution is -2.31. The number of rotatable bonds is 15. The molecule has 0 aliphatic rings. The lowest BCUT2D eigenvalue weighted by Gasteiger charge is -2.12. The van der Waals surface area contributed by atoms with Crippen LogP contribution in [0.5, 0.6) is 0 Å². The van der Waals surface area contributed by atoms with Gasteiger partial charge in [0.2, 0.25) is 0 Å². The fraction of sp³-hybridized carbons (Fsp3) is 0.606. The molecule has 0 radical (unpaired) electrons. The second-order valence-electron chi connectivity index (χ2n) is 9.23. The van der Waals surface area contributed by atoms with Gasteiger partial charge in [-0.25, -0.2) is 18.4 Å². The molecule has 1 aromatic heterocycles. The Hall–Kier alpha value is -3.53. The Morgan fingerprint density at radius 3 is 1.34 bits per heavy atom. The molecule has 0 atom stereocenters. The molecule has 0 unspecified atom stereocenters. The Bertz CT molecular complexity index is 1030. The van der Waals surface area contributed by atoms with Gasteiger partial charge in [0.05, 0.1) is 19.8 Å². The normalized spacial score (nSPS) is 9.84. The van der Waals surface area contributed by atoms with Crippen molar-refractivity contribution in [1.29, 1.82) is 0 Å². The monoisotopic (exact) mass is 761 g/mol. The van der Waals surface area contributed by atoms with E-state index in [2.05, 4.69) is 34.5 Å². The van der Waals surface area contributed by atoms with Crippen molar-refractivity contribution < 1.29 is 69.2 Å². The first kappa shape index (κ1) is 61.7. The molecule has 0 bridgehead atoms. The number of hydrogen-bond donors (Lipinski definition) is 1. The van der Waals surface area contributed by atoms with Gasteiger partial charge in [-0.1, -0.05) is 48.9 Å². The van der Waals surface area contributed by atoms with Crippen molar-refractivity contribution in [2.75, 3.05) is 26.4 Å². The van der Waals surface area contributed by atoms with Crippen molar-refractivity contribution in [3.63, 3.8) is 0 Å². The van der Waals surface area contributed by atoms with Gasteiger partial charge in [-0.3, -0.25) is 14.6 Å². The quantitative estimate of drug-likeness (QED) is 0.0464. The van der Waals surface area contributed by atoms with E-state index in [4.69, 9.17) is 14.6 Å². The zero-order valence-electron chi connectivity index (χ0n) is 25.6. The van der Waals surface area contributed by atoms with E-state index in [0.717, 1.165) is 0 Å². The van der Waals surface area contributed by atoms with E-state index in [-0.39, 0.29) is 55.5 Å². The lowest BCUT2D eigenvalue weighted by molar-refractivity contribution is -0.188. The molecule has 0 saturated carbocycles. The topological polar surface area (TPSA) is 129 Å². The molecule has 1 heterocycles. The van der Waals surface area contributed by atoms with Crippen LogP contribution in [0.15, 0.2) is 54.9 Å². The minimum absolute atomic E-state index is 0. The molecule has 0 aliphatic carbocycles. The SMILES string of the molecule is C.C.C.C.C=C(C)C(=O)OCCCCO.C=C(C)C(=O)OCCCCOC(=O)CC(C)(F)F.O=C(Cl)C(F)(F)CC(F)(F)F.c1ccncc1. The number of aliphatic hydroxyl groups is 1. The van der Waals surface area contributed by atoms with E-state index < -0.39 is 48.0 Å². The average molecular weight is 762 g/mol. The number of unbranched alkanes of at least 4 members (excludes halogenated alkanes) is 2. The fourth-order valence-corrected chi connectivity index (χ4v) is 2.19. The van der Waals surface area contributed by atoms with E-state index >= 15 is 0 Å². The van der Waals surface area contributed by atoms with E-state index in [9.17, 15) is 49.9 Å². The highest BCUT2D eigenvalue weighted by Crippen LogP contribution is 2.32. The van der Waals surface area contributed by atoms with Gasteiger partial charge in [0.1, 0.15) is 12.8 Å². The number of hydrogen-bond acceptors (Lipinski definition) is 9. The Labute approximate surface area is 297 Å². The Balaban J connectivity index is -0.000000102. The number of pyridine rings is 1. The van der Waals surface area contributed by atoms with Crippen LogP contribution in [0.4, 0.5) is 30.7 Å². The smallest absolute Gasteiger partial charge is 0.395 e. The maximum atomic E-state index is 12.4. The van der Waals surface area contributed by atoms with Crippen molar-refractivity contribution in [2.24, 2.45) is 0 Å². The second-order valence-corrected chi connectivity index (χ2v) is 9.58. The van der Waals surface area contributed by atoms with Crippen molar-refractivity contribution in [2.45, 2.75) is 107 Å². The van der Waals surface area contributed by atoms with Gasteiger partial charge in [0.25, 0.3) is 11.2 Å². The summed E-state index contributed by atoms with van der Waals surface area (Å²) in [5.41, 5.74) is 0.723. The molecule has 0 aromatic carbocycles. The highest BCUT2D eigenvalue weighted by molar-refractivity contribution is 6.65. The maximum absolute atomic E-state index is 12.4. The molecule has 0 fully saturated rings. The Morgan fingerprint density at radius 1 is 0.720 bits per heavy atom. The number of nitrogens with zero attached hydrogens (tertiary/aromatic N) is 1. The Morgan fingerprint density at radius 2 is 1.10 bits per heavy atom. The third-order valence-corrected chi connectivity index (χ3v) is 4.53. The number of aliphatic hydroxyl groups excluding tert-OH is 1. The van der Waals surface area contributed by atoms with Gasteiger partial charge in [-0.2, -0.15) is 22.0 Å². The number of halogens is 8. The largest absolute Gasteiger partial charge is 0.466 e. The van der Waals surface area contributed by atoms with Gasteiger partial charge in [-0.05, 0) is 70.2 Å². The molecule has 1 rings (SSSR count). The third-order valence-electron chi connectivity index (χ3n) is 4.25. The summed E-state index contributed by atoms with van der Waals surface area (Å²) < 4.78 is 96.3. The van der Waals surface area contributed by atoms with Gasteiger partial charge in [-0.15, -0.1) is 0 Å². The molecule has 9 nitrogen and oxygen atoms in total. The molecule has 0 amide bonds. The summed E-state index contributed by atoms with van der Waals surface area (Å²) in [6.07, 6.45) is -2.70. The lowest BCUT2D eigenvalue weighted by atomic mass is 10.2. The summed E-state index contributed by atoms with van der Waals surface area (Å²) in [6.45, 7) is 11.4. The summed E-state index contributed by atoms with van der Waals surface area (Å²) in [7, 11) is 0. The molecule has 50 heavy (non-hydrogen) atoms. The van der Waals surface area contributed by atoms with Crippen LogP contribution < -0.4 is 0 Å². The van der Waals surface area contributed by atoms with Gasteiger partial charge >= 0.3 is 30.0 Å². The van der Waals surface area contributed by atoms with E-state index in [0.29, 0.717) is 50.4 Å². The summed E-state index contributed by atoms with van der Waals surface area (Å²) in [5, 5.41) is 6.09. The molecular formula is C33H55ClF7NO8. The highest BCUT2D eigenvalue weighted by Gasteiger charge is 2.48. The number of aromatic nitrogens is 1. The van der Waals surface area contributed by atoms with Crippen LogP contribution in [0.2, 0.25) is 0 Å². The van der Waals surface area contributed by atoms with Crippen molar-refractivity contribution >= 4 is 34.8 Å². The number of alkyl halides is 7. The molecule has 17 heteroatoms. The van der Waals surface area contributed by atoms with Crippen LogP contribution in [0, 0.1) is 0 Å². The predicted octanol–water partition coefficient (Wildman–Crippen LogP) is 9.32. The maximum Gasteiger partial charge on any atom is 0.395 e. The summed E-state index contributed by atoms with van der Waals surface area (Å²) in [6, 6.07) is 5.72. The average Bonchev–Trinajstić information content (AvgIpc) is 2.92. The van der Waals surface area contributed by atoms with Crippen molar-refractivity contribution in [3.05, 3.63) is 54.9 Å². The van der Waals surface area contributed by atoms with Crippen LogP contribution in [-0.2, 0) is 33.4 Å². The fourth-order valence-electron chi connectivity index (χ4n) is 2.12. The third kappa shape index (κ3) is 46.6. The van der Waals surface area contributed by atoms with Crippen LogP contribution in [0.25, 0.3) is 0 Å². The van der Waals surface area contributed by atoms with Crippen LogP contribution in [-0.4, -0.2) is 77.7 Å². The van der Waals surface area contributed by atoms with Crippen LogP contribution in [0.3, 0.4) is 0 Å². The first-order valence-electron chi connectivity index (χ1n) is 13.3. The first-order valence-corrected chi connectivity index (χ1v) is 13.7. The summed E-state index contributed by atoms with van der Waals surface area (Å²) in [4.78, 5) is 46.0. The van der Waals surface area contributed by atoms with Gasteiger partial charge in [0, 0.05) is 30.1 Å². The number of carbonyl (C=O) groups excluding carboxylic acids is 4. The highest BCUT2D eigenvalue weighted by atomic mass is 35.5. The molecule has 0 saturated heterocycles. The first-order chi connectivity index (χ1) is 21.1. The summed E-state index contributed by atoms with van der Waals surface area (Å²) >= 11 is 4.19. The predicted molar refractivity (Wildman–Crippen MR) is 181 cm³/mol. The molecular weight excluding hydrogens is 707 g/mol. The second kappa shape index (κ2) is 33.9. The molecule has 296 valence electrons. The molecule has 0 aliphatic heterocycles. The van der Waals surface area contributed by atoms with Crippen molar-refractivity contribution in [1.82, 2.24) is 4.98 Å². The zero-order valence-corrected chi connectivity index (χ0v) is 26.4. The summed E-state index contributed by atoms with van der Waals surface area (Å²) in [5.74, 6) is -9.32. The van der Waals surface area contributed by atoms with Gasteiger partial charge < -0.3 is 19.3 Å². The number of esters is 3.